The average molecular weight is 163 g/mol. The van der Waals surface area contributed by atoms with E-state index in [0.29, 0.717) is 5.92 Å². The highest BCUT2D eigenvalue weighted by Gasteiger charge is 2.02. The molecule has 0 aliphatic heterocycles. The number of fused-ring (bicyclic) bond motifs is 1. The van der Waals surface area contributed by atoms with Gasteiger partial charge in [-0.15, -0.1) is 0 Å². The maximum absolute atomic E-state index is 4.31. The summed E-state index contributed by atoms with van der Waals surface area (Å²) in [6.45, 7) is 4.27. The molecule has 0 radical (unpaired) electrons. The predicted octanol–water partition coefficient (Wildman–Crippen LogP) is 2.33. The zero-order valence-corrected chi connectivity index (χ0v) is 7.20. The van der Waals surface area contributed by atoms with Crippen LogP contribution in [0.2, 0.25) is 0 Å². The first kappa shape index (κ1) is 7.28. The van der Waals surface area contributed by atoms with Gasteiger partial charge in [-0.1, -0.05) is 13.8 Å². The zero-order valence-electron chi connectivity index (χ0n) is 7.20. The third kappa shape index (κ3) is 1.07. The summed E-state index contributed by atoms with van der Waals surface area (Å²) in [6.07, 6.45) is 3.65. The van der Waals surface area contributed by atoms with Crippen LogP contribution in [0.4, 0.5) is 0 Å². The fourth-order valence-electron chi connectivity index (χ4n) is 1.18. The molecule has 0 aliphatic rings. The van der Waals surface area contributed by atoms with Crippen molar-refractivity contribution in [1.29, 1.82) is 0 Å². The molecule has 3 nitrogen and oxygen atoms in total. The molecule has 0 bridgehead atoms. The van der Waals surface area contributed by atoms with E-state index >= 15 is 0 Å². The second-order valence-electron chi connectivity index (χ2n) is 3.22. The maximum atomic E-state index is 4.31. The lowest BCUT2D eigenvalue weighted by molar-refractivity contribution is 0.826. The Kier molecular flexibility index (Phi) is 1.57. The molecule has 12 heavy (non-hydrogen) atoms. The predicted molar refractivity (Wildman–Crippen MR) is 50.1 cm³/mol. The lowest BCUT2D eigenvalue weighted by Crippen LogP contribution is -1.90. The van der Waals surface area contributed by atoms with Crippen LogP contribution in [0.15, 0.2) is 18.5 Å². The van der Waals surface area contributed by atoms with Crippen molar-refractivity contribution in [1.82, 2.24) is 15.2 Å². The van der Waals surface area contributed by atoms with Crippen LogP contribution in [0, 0.1) is 0 Å². The van der Waals surface area contributed by atoms with Crippen LogP contribution < -0.4 is 0 Å². The Labute approximate surface area is 72.3 Å². The summed E-state index contributed by atoms with van der Waals surface area (Å²) in [5, 5.41) is 7.94. The number of hydrogen-bond donors (Lipinski definition) is 1. The van der Waals surface area contributed by atoms with Gasteiger partial charge in [-0.25, -0.2) is 0 Å². The van der Waals surface area contributed by atoms with E-state index in [1.54, 1.807) is 0 Å². The molecule has 64 valence electrons. The number of pyridine rings is 1. The monoisotopic (exact) mass is 163 g/mol. The lowest BCUT2D eigenvalue weighted by Gasteiger charge is -2.02. The quantitative estimate of drug-likeness (QED) is 0.701. The number of nitrogens with zero attached hydrogens (tertiary/aromatic N) is 2. The van der Waals surface area contributed by atoms with Gasteiger partial charge in [-0.2, -0.15) is 5.10 Å². The summed E-state index contributed by atoms with van der Waals surface area (Å²) < 4.78 is 0. The van der Waals surface area contributed by atoms with Crippen molar-refractivity contribution >= 4 is 10.9 Å². The third-order valence-electron chi connectivity index (χ3n) is 1.94. The molecule has 0 saturated carbocycles. The molecule has 2 aromatic heterocycles. The van der Waals surface area contributed by atoms with Crippen molar-refractivity contribution in [3.05, 3.63) is 24.2 Å². The van der Waals surface area contributed by atoms with E-state index < -0.39 is 0 Å². The van der Waals surface area contributed by atoms with E-state index in [4.69, 9.17) is 0 Å². The molecule has 0 amide bonds. The number of aromatic amines is 1. The molecule has 0 saturated heterocycles. The van der Waals surface area contributed by atoms with Gasteiger partial charge in [0.1, 0.15) is 0 Å². The molecule has 2 rings (SSSR count). The lowest BCUT2D eigenvalue weighted by atomic mass is 10.1. The second-order valence-corrected chi connectivity index (χ2v) is 3.22. The van der Waals surface area contributed by atoms with Crippen LogP contribution in [-0.2, 0) is 0 Å². The highest BCUT2D eigenvalue weighted by Crippen LogP contribution is 2.16. The van der Waals surface area contributed by atoms with Gasteiger partial charge in [0.25, 0.3) is 0 Å². The molecule has 2 heterocycles. The molecule has 0 aromatic carbocycles. The van der Waals surface area contributed by atoms with Crippen molar-refractivity contribution < 1.29 is 1.43 Å². The second kappa shape index (κ2) is 2.59. The minimum absolute atomic E-state index is 0. The topological polar surface area (TPSA) is 41.6 Å². The fraction of sp³-hybridized carbons (Fsp3) is 0.333. The SMILES string of the molecule is CC(C)c1cc2cn[nH]c2cn1.[HH]. The highest BCUT2D eigenvalue weighted by molar-refractivity contribution is 5.77. The van der Waals surface area contributed by atoms with Gasteiger partial charge < -0.3 is 0 Å². The van der Waals surface area contributed by atoms with Gasteiger partial charge in [0, 0.05) is 12.5 Å². The highest BCUT2D eigenvalue weighted by atomic mass is 15.1. The largest absolute Gasteiger partial charge is 0.276 e. The summed E-state index contributed by atoms with van der Waals surface area (Å²) in [6, 6.07) is 2.07. The first-order valence-corrected chi connectivity index (χ1v) is 4.06. The van der Waals surface area contributed by atoms with Crippen LogP contribution in [0.3, 0.4) is 0 Å². The van der Waals surface area contributed by atoms with E-state index in [9.17, 15) is 0 Å². The van der Waals surface area contributed by atoms with E-state index in [1.165, 1.54) is 0 Å². The average Bonchev–Trinajstić information content (AvgIpc) is 2.49. The summed E-state index contributed by atoms with van der Waals surface area (Å²) in [4.78, 5) is 4.31. The normalized spacial score (nSPS) is 11.2. The molecule has 3 heteroatoms. The van der Waals surface area contributed by atoms with Gasteiger partial charge in [-0.3, -0.25) is 10.1 Å². The number of H-pyrrole nitrogens is 1. The molecule has 0 aliphatic carbocycles. The number of aromatic nitrogens is 3. The van der Waals surface area contributed by atoms with Gasteiger partial charge in [0.15, 0.2) is 0 Å². The van der Waals surface area contributed by atoms with E-state index in [1.807, 2.05) is 12.4 Å². The molecule has 1 N–H and O–H groups in total. The fourth-order valence-corrected chi connectivity index (χ4v) is 1.18. The standard InChI is InChI=1S/C9H11N3.H2/c1-6(2)8-3-7-4-11-12-9(7)5-10-8;/h3-6H,1-2H3,(H,11,12);1H. The Bertz CT molecular complexity index is 394. The minimum atomic E-state index is 0. The van der Waals surface area contributed by atoms with Gasteiger partial charge in [0.05, 0.1) is 17.9 Å². The van der Waals surface area contributed by atoms with Crippen molar-refractivity contribution in [2.45, 2.75) is 19.8 Å². The van der Waals surface area contributed by atoms with Crippen LogP contribution >= 0.6 is 0 Å². The first-order chi connectivity index (χ1) is 5.77. The maximum Gasteiger partial charge on any atom is 0.0833 e. The Morgan fingerprint density at radius 2 is 2.25 bits per heavy atom. The van der Waals surface area contributed by atoms with Gasteiger partial charge in [-0.05, 0) is 12.0 Å². The van der Waals surface area contributed by atoms with Gasteiger partial charge in [0.2, 0.25) is 0 Å². The van der Waals surface area contributed by atoms with Crippen molar-refractivity contribution in [3.8, 4) is 0 Å². The summed E-state index contributed by atoms with van der Waals surface area (Å²) in [5.41, 5.74) is 2.11. The molecule has 0 spiro atoms. The molecule has 2 aromatic rings. The third-order valence-corrected chi connectivity index (χ3v) is 1.94. The Morgan fingerprint density at radius 1 is 1.42 bits per heavy atom. The molecule has 0 unspecified atom stereocenters. The van der Waals surface area contributed by atoms with Gasteiger partial charge >= 0.3 is 0 Å². The van der Waals surface area contributed by atoms with Crippen LogP contribution in [0.25, 0.3) is 10.9 Å². The molecule has 0 fully saturated rings. The summed E-state index contributed by atoms with van der Waals surface area (Å²) in [7, 11) is 0. The summed E-state index contributed by atoms with van der Waals surface area (Å²) in [5.74, 6) is 0.476. The number of hydrogen-bond acceptors (Lipinski definition) is 2. The zero-order chi connectivity index (χ0) is 8.55. The van der Waals surface area contributed by atoms with Crippen LogP contribution in [0.5, 0.6) is 0 Å². The van der Waals surface area contributed by atoms with E-state index in [-0.39, 0.29) is 1.43 Å². The smallest absolute Gasteiger partial charge is 0.0833 e. The van der Waals surface area contributed by atoms with E-state index in [2.05, 4.69) is 35.1 Å². The molecular weight excluding hydrogens is 150 g/mol. The van der Waals surface area contributed by atoms with Crippen molar-refractivity contribution in [2.75, 3.05) is 0 Å². The van der Waals surface area contributed by atoms with Crippen molar-refractivity contribution in [3.63, 3.8) is 0 Å². The molecular formula is C9H13N3. The Morgan fingerprint density at radius 3 is 3.00 bits per heavy atom. The van der Waals surface area contributed by atoms with Crippen LogP contribution in [-0.4, -0.2) is 15.2 Å². The number of nitrogens with one attached hydrogen (secondary N) is 1. The van der Waals surface area contributed by atoms with E-state index in [0.717, 1.165) is 16.6 Å². The Hall–Kier alpha value is -1.38. The summed E-state index contributed by atoms with van der Waals surface area (Å²) >= 11 is 0. The Balaban J connectivity index is 0.000000845. The van der Waals surface area contributed by atoms with Crippen LogP contribution in [0.1, 0.15) is 26.9 Å². The van der Waals surface area contributed by atoms with Crippen molar-refractivity contribution in [2.24, 2.45) is 0 Å². The number of rotatable bonds is 1. The first-order valence-electron chi connectivity index (χ1n) is 4.06. The molecule has 0 atom stereocenters. The minimum Gasteiger partial charge on any atom is -0.276 e.